The van der Waals surface area contributed by atoms with E-state index in [-0.39, 0.29) is 11.8 Å². The van der Waals surface area contributed by atoms with Crippen LogP contribution in [0, 0.1) is 5.92 Å². The SMILES string of the molecule is O=C(CC1CCCCC1)Nc1cccc(C(=O)N2CCCCC2C(=O)O)c1. The van der Waals surface area contributed by atoms with Gasteiger partial charge in [0.25, 0.3) is 5.91 Å². The number of piperidine rings is 1. The molecule has 146 valence electrons. The molecule has 0 spiro atoms. The molecule has 2 amide bonds. The summed E-state index contributed by atoms with van der Waals surface area (Å²) in [7, 11) is 0. The van der Waals surface area contributed by atoms with Crippen LogP contribution in [-0.4, -0.2) is 40.4 Å². The average Bonchev–Trinajstić information content (AvgIpc) is 2.68. The number of aliphatic carboxylic acids is 1. The lowest BCUT2D eigenvalue weighted by Gasteiger charge is -2.33. The Morgan fingerprint density at radius 2 is 1.78 bits per heavy atom. The van der Waals surface area contributed by atoms with Gasteiger partial charge in [0.2, 0.25) is 5.91 Å². The molecular weight excluding hydrogens is 344 g/mol. The summed E-state index contributed by atoms with van der Waals surface area (Å²) >= 11 is 0. The fourth-order valence-electron chi connectivity index (χ4n) is 4.19. The molecule has 1 aromatic rings. The second kappa shape index (κ2) is 9.02. The molecule has 1 saturated heterocycles. The minimum Gasteiger partial charge on any atom is -0.480 e. The molecule has 0 bridgehead atoms. The van der Waals surface area contributed by atoms with Gasteiger partial charge in [0.05, 0.1) is 0 Å². The zero-order valence-electron chi connectivity index (χ0n) is 15.7. The molecule has 0 radical (unpaired) electrons. The van der Waals surface area contributed by atoms with Crippen LogP contribution in [0.5, 0.6) is 0 Å². The highest BCUT2D eigenvalue weighted by molar-refractivity contribution is 5.99. The summed E-state index contributed by atoms with van der Waals surface area (Å²) in [5.41, 5.74) is 1.00. The van der Waals surface area contributed by atoms with Crippen molar-refractivity contribution in [3.05, 3.63) is 29.8 Å². The molecule has 1 aliphatic carbocycles. The maximum Gasteiger partial charge on any atom is 0.326 e. The highest BCUT2D eigenvalue weighted by atomic mass is 16.4. The minimum absolute atomic E-state index is 0.0205. The van der Waals surface area contributed by atoms with Gasteiger partial charge in [0.15, 0.2) is 0 Å². The Balaban J connectivity index is 1.64. The second-order valence-electron chi connectivity index (χ2n) is 7.69. The number of benzene rings is 1. The topological polar surface area (TPSA) is 86.7 Å². The van der Waals surface area contributed by atoms with Crippen LogP contribution >= 0.6 is 0 Å². The molecule has 1 aromatic carbocycles. The Labute approximate surface area is 159 Å². The lowest BCUT2D eigenvalue weighted by atomic mass is 9.87. The fourth-order valence-corrected chi connectivity index (χ4v) is 4.19. The molecule has 3 rings (SSSR count). The molecular formula is C21H28N2O4. The van der Waals surface area contributed by atoms with E-state index in [1.54, 1.807) is 24.3 Å². The summed E-state index contributed by atoms with van der Waals surface area (Å²) < 4.78 is 0. The third kappa shape index (κ3) is 5.08. The predicted octanol–water partition coefficient (Wildman–Crippen LogP) is 3.67. The number of likely N-dealkylation sites (tertiary alicyclic amines) is 1. The minimum atomic E-state index is -0.958. The molecule has 0 aromatic heterocycles. The van der Waals surface area contributed by atoms with Crippen LogP contribution in [0.1, 0.15) is 68.1 Å². The number of hydrogen-bond donors (Lipinski definition) is 2. The van der Waals surface area contributed by atoms with Gasteiger partial charge in [0, 0.05) is 24.2 Å². The summed E-state index contributed by atoms with van der Waals surface area (Å²) in [6.45, 7) is 0.452. The van der Waals surface area contributed by atoms with Gasteiger partial charge in [-0.15, -0.1) is 0 Å². The molecule has 2 N–H and O–H groups in total. The van der Waals surface area contributed by atoms with E-state index in [4.69, 9.17) is 0 Å². The van der Waals surface area contributed by atoms with Crippen LogP contribution in [0.4, 0.5) is 5.69 Å². The van der Waals surface area contributed by atoms with Crippen LogP contribution in [-0.2, 0) is 9.59 Å². The summed E-state index contributed by atoms with van der Waals surface area (Å²) in [6, 6.07) is 6.04. The monoisotopic (exact) mass is 372 g/mol. The van der Waals surface area contributed by atoms with Crippen molar-refractivity contribution in [1.29, 1.82) is 0 Å². The number of nitrogens with zero attached hydrogens (tertiary/aromatic N) is 1. The summed E-state index contributed by atoms with van der Waals surface area (Å²) in [5, 5.41) is 12.3. The first-order valence-corrected chi connectivity index (χ1v) is 9.98. The van der Waals surface area contributed by atoms with Crippen molar-refractivity contribution in [3.63, 3.8) is 0 Å². The zero-order valence-corrected chi connectivity index (χ0v) is 15.7. The van der Waals surface area contributed by atoms with Crippen molar-refractivity contribution < 1.29 is 19.5 Å². The van der Waals surface area contributed by atoms with E-state index in [0.717, 1.165) is 25.7 Å². The molecule has 1 saturated carbocycles. The normalized spacial score (nSPS) is 20.9. The lowest BCUT2D eigenvalue weighted by molar-refractivity contribution is -0.143. The molecule has 1 atom stereocenters. The molecule has 2 aliphatic rings. The Morgan fingerprint density at radius 3 is 2.52 bits per heavy atom. The van der Waals surface area contributed by atoms with Crippen LogP contribution in [0.15, 0.2) is 24.3 Å². The third-order valence-corrected chi connectivity index (χ3v) is 5.64. The van der Waals surface area contributed by atoms with Gasteiger partial charge in [-0.25, -0.2) is 4.79 Å². The van der Waals surface area contributed by atoms with Gasteiger partial charge in [-0.05, 0) is 56.2 Å². The molecule has 1 aliphatic heterocycles. The Hall–Kier alpha value is -2.37. The smallest absolute Gasteiger partial charge is 0.326 e. The summed E-state index contributed by atoms with van der Waals surface area (Å²) in [4.78, 5) is 38.0. The van der Waals surface area contributed by atoms with Gasteiger partial charge in [-0.2, -0.15) is 0 Å². The van der Waals surface area contributed by atoms with Gasteiger partial charge in [0.1, 0.15) is 6.04 Å². The van der Waals surface area contributed by atoms with Crippen molar-refractivity contribution in [1.82, 2.24) is 4.90 Å². The number of carboxylic acid groups (broad SMARTS) is 1. The van der Waals surface area contributed by atoms with E-state index in [2.05, 4.69) is 5.32 Å². The van der Waals surface area contributed by atoms with Gasteiger partial charge in [-0.1, -0.05) is 25.3 Å². The van der Waals surface area contributed by atoms with E-state index < -0.39 is 12.0 Å². The maximum absolute atomic E-state index is 12.8. The van der Waals surface area contributed by atoms with Gasteiger partial charge >= 0.3 is 5.97 Å². The number of carboxylic acids is 1. The highest BCUT2D eigenvalue weighted by Crippen LogP contribution is 2.27. The van der Waals surface area contributed by atoms with Crippen molar-refractivity contribution in [3.8, 4) is 0 Å². The van der Waals surface area contributed by atoms with E-state index in [9.17, 15) is 19.5 Å². The molecule has 6 heteroatoms. The average molecular weight is 372 g/mol. The van der Waals surface area contributed by atoms with Crippen molar-refractivity contribution in [2.45, 2.75) is 63.8 Å². The largest absolute Gasteiger partial charge is 0.480 e. The number of rotatable bonds is 5. The number of carbonyl (C=O) groups excluding carboxylic acids is 2. The third-order valence-electron chi connectivity index (χ3n) is 5.64. The number of carbonyl (C=O) groups is 3. The number of nitrogens with one attached hydrogen (secondary N) is 1. The standard InChI is InChI=1S/C21H28N2O4/c24-19(13-15-7-2-1-3-8-15)22-17-10-6-9-16(14-17)20(25)23-12-5-4-11-18(23)21(26)27/h6,9-10,14-15,18H,1-5,7-8,11-13H2,(H,22,24)(H,26,27). The Bertz CT molecular complexity index is 697. The van der Waals surface area contributed by atoms with Crippen molar-refractivity contribution >= 4 is 23.5 Å². The van der Waals surface area contributed by atoms with Gasteiger partial charge < -0.3 is 15.3 Å². The Morgan fingerprint density at radius 1 is 1.04 bits per heavy atom. The Kier molecular flexibility index (Phi) is 6.48. The van der Waals surface area contributed by atoms with Crippen LogP contribution in [0.3, 0.4) is 0 Å². The summed E-state index contributed by atoms with van der Waals surface area (Å²) in [5.74, 6) is -0.813. The quantitative estimate of drug-likeness (QED) is 0.825. The van der Waals surface area contributed by atoms with Crippen LogP contribution in [0.2, 0.25) is 0 Å². The first-order valence-electron chi connectivity index (χ1n) is 9.98. The molecule has 2 fully saturated rings. The lowest BCUT2D eigenvalue weighted by Crippen LogP contribution is -2.48. The number of anilines is 1. The fraction of sp³-hybridized carbons (Fsp3) is 0.571. The van der Waals surface area contributed by atoms with Gasteiger partial charge in [-0.3, -0.25) is 9.59 Å². The van der Waals surface area contributed by atoms with E-state index in [1.165, 1.54) is 24.2 Å². The maximum atomic E-state index is 12.8. The highest BCUT2D eigenvalue weighted by Gasteiger charge is 2.32. The molecule has 1 heterocycles. The van der Waals surface area contributed by atoms with Crippen molar-refractivity contribution in [2.75, 3.05) is 11.9 Å². The number of hydrogen-bond acceptors (Lipinski definition) is 3. The van der Waals surface area contributed by atoms with Crippen LogP contribution < -0.4 is 5.32 Å². The first-order chi connectivity index (χ1) is 13.0. The molecule has 1 unspecified atom stereocenters. The molecule has 27 heavy (non-hydrogen) atoms. The molecule has 6 nitrogen and oxygen atoms in total. The summed E-state index contributed by atoms with van der Waals surface area (Å²) in [6.07, 6.45) is 8.51. The van der Waals surface area contributed by atoms with E-state index >= 15 is 0 Å². The number of amides is 2. The van der Waals surface area contributed by atoms with E-state index in [1.807, 2.05) is 0 Å². The van der Waals surface area contributed by atoms with Crippen LogP contribution in [0.25, 0.3) is 0 Å². The van der Waals surface area contributed by atoms with Crippen molar-refractivity contribution in [2.24, 2.45) is 5.92 Å². The second-order valence-corrected chi connectivity index (χ2v) is 7.69. The van der Waals surface area contributed by atoms with E-state index in [0.29, 0.717) is 36.6 Å². The first kappa shape index (κ1) is 19.4. The zero-order chi connectivity index (χ0) is 19.2. The predicted molar refractivity (Wildman–Crippen MR) is 103 cm³/mol.